The predicted octanol–water partition coefficient (Wildman–Crippen LogP) is 3.31. The molecule has 5 nitrogen and oxygen atoms in total. The highest BCUT2D eigenvalue weighted by Gasteiger charge is 2.16. The van der Waals surface area contributed by atoms with Crippen LogP contribution in [0, 0.1) is 5.82 Å². The van der Waals surface area contributed by atoms with Gasteiger partial charge in [0.25, 0.3) is 0 Å². The topological polar surface area (TPSA) is 51.0 Å². The molecule has 134 valence electrons. The second kappa shape index (κ2) is 8.14. The van der Waals surface area contributed by atoms with Crippen molar-refractivity contribution in [2.24, 2.45) is 0 Å². The van der Waals surface area contributed by atoms with Crippen molar-refractivity contribution in [3.8, 4) is 11.4 Å². The highest BCUT2D eigenvalue weighted by molar-refractivity contribution is 7.99. The normalized spacial score (nSPS) is 10.7. The van der Waals surface area contributed by atoms with Crippen molar-refractivity contribution in [2.45, 2.75) is 11.7 Å². The number of hydrogen-bond donors (Lipinski definition) is 0. The van der Waals surface area contributed by atoms with Gasteiger partial charge in [0.05, 0.1) is 12.3 Å². The van der Waals surface area contributed by atoms with Crippen molar-refractivity contribution in [3.63, 3.8) is 0 Å². The van der Waals surface area contributed by atoms with Gasteiger partial charge in [-0.2, -0.15) is 0 Å². The summed E-state index contributed by atoms with van der Waals surface area (Å²) < 4.78 is 15.2. The van der Waals surface area contributed by atoms with Crippen molar-refractivity contribution in [1.82, 2.24) is 19.7 Å². The summed E-state index contributed by atoms with van der Waals surface area (Å²) in [6, 6.07) is 16.1. The Hall–Kier alpha value is -2.67. The summed E-state index contributed by atoms with van der Waals surface area (Å²) in [4.78, 5) is 13.5. The number of hydrogen-bond acceptors (Lipinski definition) is 4. The third-order valence-corrected chi connectivity index (χ3v) is 4.78. The highest BCUT2D eigenvalue weighted by Crippen LogP contribution is 2.25. The Labute approximate surface area is 155 Å². The maximum atomic E-state index is 13.3. The van der Waals surface area contributed by atoms with Crippen LogP contribution in [0.3, 0.4) is 0 Å². The molecule has 26 heavy (non-hydrogen) atoms. The summed E-state index contributed by atoms with van der Waals surface area (Å²) in [6.07, 6.45) is 0. The van der Waals surface area contributed by atoms with Crippen molar-refractivity contribution < 1.29 is 9.18 Å². The van der Waals surface area contributed by atoms with Gasteiger partial charge in [0, 0.05) is 19.7 Å². The molecule has 0 saturated heterocycles. The first-order valence-corrected chi connectivity index (χ1v) is 9.09. The monoisotopic (exact) mass is 370 g/mol. The van der Waals surface area contributed by atoms with E-state index in [2.05, 4.69) is 10.2 Å². The average Bonchev–Trinajstić information content (AvgIpc) is 3.03. The van der Waals surface area contributed by atoms with Crippen molar-refractivity contribution in [3.05, 3.63) is 66.0 Å². The molecule has 0 saturated carbocycles. The Morgan fingerprint density at radius 3 is 2.42 bits per heavy atom. The largest absolute Gasteiger partial charge is 0.348 e. The lowest BCUT2D eigenvalue weighted by molar-refractivity contribution is -0.125. The fourth-order valence-corrected chi connectivity index (χ4v) is 3.29. The molecule has 1 heterocycles. The van der Waals surface area contributed by atoms with Crippen LogP contribution in [-0.2, 0) is 11.3 Å². The van der Waals surface area contributed by atoms with Gasteiger partial charge in [0.1, 0.15) is 5.82 Å². The maximum absolute atomic E-state index is 13.3. The lowest BCUT2D eigenvalue weighted by Gasteiger charge is -2.12. The first kappa shape index (κ1) is 18.1. The van der Waals surface area contributed by atoms with E-state index in [0.717, 1.165) is 11.1 Å². The van der Waals surface area contributed by atoms with Crippen LogP contribution in [-0.4, -0.2) is 45.4 Å². The molecule has 0 radical (unpaired) electrons. The molecule has 3 aromatic rings. The first-order valence-electron chi connectivity index (χ1n) is 8.10. The number of amides is 1. The van der Waals surface area contributed by atoms with E-state index < -0.39 is 0 Å². The molecule has 0 bridgehead atoms. The van der Waals surface area contributed by atoms with E-state index in [1.807, 2.05) is 34.9 Å². The molecular weight excluding hydrogens is 351 g/mol. The molecular formula is C19H19FN4OS. The number of carbonyl (C=O) groups is 1. The zero-order chi connectivity index (χ0) is 18.5. The van der Waals surface area contributed by atoms with Crippen LogP contribution >= 0.6 is 11.8 Å². The highest BCUT2D eigenvalue weighted by atomic mass is 32.2. The second-order valence-electron chi connectivity index (χ2n) is 5.96. The summed E-state index contributed by atoms with van der Waals surface area (Å²) in [5.74, 6) is 0.638. The quantitative estimate of drug-likeness (QED) is 0.625. The van der Waals surface area contributed by atoms with Crippen molar-refractivity contribution in [2.75, 3.05) is 19.8 Å². The number of thioether (sulfide) groups is 1. The molecule has 1 aromatic heterocycles. The lowest BCUT2D eigenvalue weighted by atomic mass is 10.2. The van der Waals surface area contributed by atoms with E-state index in [1.165, 1.54) is 23.9 Å². The van der Waals surface area contributed by atoms with Gasteiger partial charge >= 0.3 is 0 Å². The number of nitrogens with zero attached hydrogens (tertiary/aromatic N) is 4. The first-order chi connectivity index (χ1) is 12.5. The molecule has 0 aliphatic rings. The molecule has 0 fully saturated rings. The van der Waals surface area contributed by atoms with Gasteiger partial charge in [-0.3, -0.25) is 9.36 Å². The molecule has 0 N–H and O–H groups in total. The summed E-state index contributed by atoms with van der Waals surface area (Å²) in [7, 11) is 3.45. The smallest absolute Gasteiger partial charge is 0.232 e. The van der Waals surface area contributed by atoms with E-state index in [4.69, 9.17) is 0 Å². The summed E-state index contributed by atoms with van der Waals surface area (Å²) >= 11 is 1.35. The summed E-state index contributed by atoms with van der Waals surface area (Å²) in [6.45, 7) is 0.568. The second-order valence-corrected chi connectivity index (χ2v) is 6.90. The molecule has 0 aliphatic heterocycles. The van der Waals surface area contributed by atoms with Crippen LogP contribution in [0.4, 0.5) is 4.39 Å². The van der Waals surface area contributed by atoms with Crippen LogP contribution in [0.5, 0.6) is 0 Å². The molecule has 0 unspecified atom stereocenters. The third kappa shape index (κ3) is 4.29. The fourth-order valence-electron chi connectivity index (χ4n) is 2.37. The minimum atomic E-state index is -0.297. The average molecular weight is 370 g/mol. The number of carbonyl (C=O) groups excluding carboxylic acids is 1. The van der Waals surface area contributed by atoms with Crippen LogP contribution in [0.15, 0.2) is 59.8 Å². The van der Waals surface area contributed by atoms with E-state index in [0.29, 0.717) is 17.5 Å². The van der Waals surface area contributed by atoms with Gasteiger partial charge in [0.15, 0.2) is 11.0 Å². The van der Waals surface area contributed by atoms with E-state index in [-0.39, 0.29) is 17.5 Å². The maximum Gasteiger partial charge on any atom is 0.232 e. The Bertz CT molecular complexity index is 878. The van der Waals surface area contributed by atoms with Crippen LogP contribution < -0.4 is 0 Å². The number of rotatable bonds is 6. The van der Waals surface area contributed by atoms with Crippen molar-refractivity contribution >= 4 is 17.7 Å². The zero-order valence-corrected chi connectivity index (χ0v) is 15.4. The SMILES string of the molecule is CN(C)C(=O)CSc1nnc(-c2ccc(F)cc2)n1Cc1ccccc1. The van der Waals surface area contributed by atoms with Crippen LogP contribution in [0.25, 0.3) is 11.4 Å². The number of benzene rings is 2. The number of halogens is 1. The Balaban J connectivity index is 1.93. The minimum Gasteiger partial charge on any atom is -0.348 e. The zero-order valence-electron chi connectivity index (χ0n) is 14.6. The number of aromatic nitrogens is 3. The fraction of sp³-hybridized carbons (Fsp3) is 0.211. The van der Waals surface area contributed by atoms with Crippen molar-refractivity contribution in [1.29, 1.82) is 0 Å². The van der Waals surface area contributed by atoms with Crippen LogP contribution in [0.1, 0.15) is 5.56 Å². The van der Waals surface area contributed by atoms with Gasteiger partial charge in [-0.25, -0.2) is 4.39 Å². The van der Waals surface area contributed by atoms with E-state index in [9.17, 15) is 9.18 Å². The minimum absolute atomic E-state index is 0.00703. The van der Waals surface area contributed by atoms with E-state index in [1.54, 1.807) is 31.1 Å². The van der Waals surface area contributed by atoms with Gasteiger partial charge in [-0.1, -0.05) is 42.1 Å². The standard InChI is InChI=1S/C19H19FN4OS/c1-23(2)17(25)13-26-19-22-21-18(15-8-10-16(20)11-9-15)24(19)12-14-6-4-3-5-7-14/h3-11H,12-13H2,1-2H3. The lowest BCUT2D eigenvalue weighted by Crippen LogP contribution is -2.23. The van der Waals surface area contributed by atoms with Crippen LogP contribution in [0.2, 0.25) is 0 Å². The van der Waals surface area contributed by atoms with Gasteiger partial charge in [-0.05, 0) is 29.8 Å². The Morgan fingerprint density at radius 2 is 1.77 bits per heavy atom. The molecule has 0 spiro atoms. The molecule has 0 aliphatic carbocycles. The van der Waals surface area contributed by atoms with Gasteiger partial charge in [-0.15, -0.1) is 10.2 Å². The molecule has 3 rings (SSSR count). The van der Waals surface area contributed by atoms with E-state index >= 15 is 0 Å². The Kier molecular flexibility index (Phi) is 5.68. The van der Waals surface area contributed by atoms with Gasteiger partial charge < -0.3 is 4.90 Å². The molecule has 7 heteroatoms. The summed E-state index contributed by atoms with van der Waals surface area (Å²) in [5, 5.41) is 9.19. The Morgan fingerprint density at radius 1 is 1.08 bits per heavy atom. The summed E-state index contributed by atoms with van der Waals surface area (Å²) in [5.41, 5.74) is 1.87. The molecule has 1 amide bonds. The molecule has 0 atom stereocenters. The third-order valence-electron chi connectivity index (χ3n) is 3.83. The predicted molar refractivity (Wildman–Crippen MR) is 100 cm³/mol. The van der Waals surface area contributed by atoms with Gasteiger partial charge in [0.2, 0.25) is 5.91 Å². The molecule has 2 aromatic carbocycles.